The summed E-state index contributed by atoms with van der Waals surface area (Å²) >= 11 is 1.41. The number of oxazole rings is 1. The van der Waals surface area contributed by atoms with Gasteiger partial charge in [0.2, 0.25) is 5.88 Å². The van der Waals surface area contributed by atoms with E-state index in [-0.39, 0.29) is 11.2 Å². The van der Waals surface area contributed by atoms with Gasteiger partial charge < -0.3 is 18.6 Å². The van der Waals surface area contributed by atoms with Gasteiger partial charge in [-0.2, -0.15) is 0 Å². The number of nitrogens with zero attached hydrogens (tertiary/aromatic N) is 5. The Bertz CT molecular complexity index is 1840. The number of ketones is 1. The summed E-state index contributed by atoms with van der Waals surface area (Å²) in [6.45, 7) is 4.16. The molecule has 0 spiro atoms. The molecule has 10 nitrogen and oxygen atoms in total. The fraction of sp³-hybridized carbons (Fsp3) is 0.300. The Kier molecular flexibility index (Phi) is 6.00. The Labute approximate surface area is 239 Å². The number of carbonyl (C=O) groups is 1. The molecule has 7 rings (SSSR count). The Morgan fingerprint density at radius 1 is 1.07 bits per heavy atom. The first-order valence-electron chi connectivity index (χ1n) is 13.2. The SMILES string of the molecule is COc1ccc([C@@H]2C3=C(CC(C)(C)CC3=O)Oc3ncn4nc(CSc5nc6ccccc6o5)nc4c32)cc1OC. The molecule has 2 aromatic carbocycles. The highest BCUT2D eigenvalue weighted by atomic mass is 32.2. The van der Waals surface area contributed by atoms with Gasteiger partial charge >= 0.3 is 0 Å². The van der Waals surface area contributed by atoms with Gasteiger partial charge in [-0.1, -0.05) is 43.8 Å². The second kappa shape index (κ2) is 9.62. The van der Waals surface area contributed by atoms with Crippen molar-refractivity contribution in [3.05, 3.63) is 77.1 Å². The average molecular weight is 570 g/mol. The molecule has 41 heavy (non-hydrogen) atoms. The largest absolute Gasteiger partial charge is 0.493 e. The van der Waals surface area contributed by atoms with E-state index in [0.29, 0.717) is 69.6 Å². The van der Waals surface area contributed by atoms with Crippen molar-refractivity contribution >= 4 is 34.3 Å². The highest BCUT2D eigenvalue weighted by Crippen LogP contribution is 2.51. The number of ether oxygens (including phenoxy) is 3. The lowest BCUT2D eigenvalue weighted by molar-refractivity contribution is -0.118. The molecule has 11 heteroatoms. The van der Waals surface area contributed by atoms with Crippen LogP contribution in [0.3, 0.4) is 0 Å². The summed E-state index contributed by atoms with van der Waals surface area (Å²) in [6.07, 6.45) is 2.65. The molecule has 0 fully saturated rings. The van der Waals surface area contributed by atoms with Crippen molar-refractivity contribution < 1.29 is 23.4 Å². The van der Waals surface area contributed by atoms with Crippen molar-refractivity contribution in [2.24, 2.45) is 5.41 Å². The second-order valence-electron chi connectivity index (χ2n) is 10.9. The average Bonchev–Trinajstić information content (AvgIpc) is 3.57. The van der Waals surface area contributed by atoms with Gasteiger partial charge in [0, 0.05) is 18.4 Å². The van der Waals surface area contributed by atoms with E-state index < -0.39 is 5.92 Å². The number of hydrogen-bond donors (Lipinski definition) is 0. The maximum atomic E-state index is 13.7. The molecular formula is C30H27N5O5S. The van der Waals surface area contributed by atoms with Gasteiger partial charge in [0.15, 0.2) is 34.3 Å². The first-order valence-corrected chi connectivity index (χ1v) is 14.2. The third-order valence-corrected chi connectivity index (χ3v) is 8.27. The van der Waals surface area contributed by atoms with Crippen LogP contribution in [0.1, 0.15) is 49.6 Å². The first kappa shape index (κ1) is 25.6. The molecule has 5 aromatic rings. The smallest absolute Gasteiger partial charge is 0.257 e. The highest BCUT2D eigenvalue weighted by molar-refractivity contribution is 7.98. The molecule has 0 bridgehead atoms. The molecule has 0 N–H and O–H groups in total. The molecule has 1 atom stereocenters. The monoisotopic (exact) mass is 569 g/mol. The summed E-state index contributed by atoms with van der Waals surface area (Å²) in [5.41, 5.74) is 4.07. The number of allylic oxidation sites excluding steroid dienone is 2. The van der Waals surface area contributed by atoms with Gasteiger partial charge in [-0.3, -0.25) is 4.79 Å². The molecule has 0 saturated carbocycles. The van der Waals surface area contributed by atoms with Gasteiger partial charge in [0.25, 0.3) is 5.22 Å². The molecule has 1 aliphatic heterocycles. The van der Waals surface area contributed by atoms with Crippen LogP contribution in [0.25, 0.3) is 16.7 Å². The summed E-state index contributed by atoms with van der Waals surface area (Å²) in [6, 6.07) is 13.3. The maximum Gasteiger partial charge on any atom is 0.257 e. The van der Waals surface area contributed by atoms with Gasteiger partial charge in [-0.25, -0.2) is 19.5 Å². The molecule has 1 aliphatic carbocycles. The van der Waals surface area contributed by atoms with E-state index in [2.05, 4.69) is 28.9 Å². The van der Waals surface area contributed by atoms with Crippen molar-refractivity contribution in [2.45, 2.75) is 43.6 Å². The topological polar surface area (TPSA) is 114 Å². The lowest BCUT2D eigenvalue weighted by Gasteiger charge is -2.37. The van der Waals surface area contributed by atoms with Crippen molar-refractivity contribution in [3.63, 3.8) is 0 Å². The zero-order valence-electron chi connectivity index (χ0n) is 23.0. The van der Waals surface area contributed by atoms with E-state index in [1.807, 2.05) is 42.5 Å². The Balaban J connectivity index is 1.33. The predicted octanol–water partition coefficient (Wildman–Crippen LogP) is 5.74. The zero-order chi connectivity index (χ0) is 28.3. The third kappa shape index (κ3) is 4.40. The molecule has 3 aromatic heterocycles. The van der Waals surface area contributed by atoms with E-state index in [1.54, 1.807) is 25.1 Å². The lowest BCUT2D eigenvalue weighted by Crippen LogP contribution is -2.33. The highest BCUT2D eigenvalue weighted by Gasteiger charge is 2.44. The van der Waals surface area contributed by atoms with Crippen LogP contribution in [0.2, 0.25) is 0 Å². The van der Waals surface area contributed by atoms with Gasteiger partial charge in [-0.15, -0.1) is 5.10 Å². The van der Waals surface area contributed by atoms with E-state index in [1.165, 1.54) is 11.8 Å². The third-order valence-electron chi connectivity index (χ3n) is 7.45. The molecule has 2 aliphatic rings. The lowest BCUT2D eigenvalue weighted by atomic mass is 9.70. The number of hydrogen-bond acceptors (Lipinski definition) is 10. The number of thioether (sulfide) groups is 1. The molecule has 0 radical (unpaired) electrons. The molecule has 208 valence electrons. The summed E-state index contributed by atoms with van der Waals surface area (Å²) < 4.78 is 24.9. The van der Waals surface area contributed by atoms with Crippen molar-refractivity contribution in [1.82, 2.24) is 24.6 Å². The van der Waals surface area contributed by atoms with Crippen LogP contribution in [0.15, 0.2) is 69.8 Å². The zero-order valence-corrected chi connectivity index (χ0v) is 23.8. The summed E-state index contributed by atoms with van der Waals surface area (Å²) in [4.78, 5) is 27.8. The standard InChI is InChI=1S/C30H27N5O5S/c1-30(2)12-18(36)25-22(13-30)39-28-26(24(25)16-9-10-20(37-3)21(11-16)38-4)27-33-23(34-35(27)15-31-28)14-41-29-32-17-7-5-6-8-19(17)40-29/h5-11,15,24H,12-14H2,1-4H3/t24-/m1/s1. The number of Topliss-reactive ketones (excluding diaryl/α,β-unsaturated/α-hetero) is 1. The summed E-state index contributed by atoms with van der Waals surface area (Å²) in [5, 5.41) is 5.22. The van der Waals surface area contributed by atoms with Crippen LogP contribution < -0.4 is 14.2 Å². The fourth-order valence-corrected chi connectivity index (χ4v) is 6.34. The van der Waals surface area contributed by atoms with Gasteiger partial charge in [0.1, 0.15) is 17.6 Å². The van der Waals surface area contributed by atoms with Crippen LogP contribution >= 0.6 is 11.8 Å². The quantitative estimate of drug-likeness (QED) is 0.234. The van der Waals surface area contributed by atoms with Crippen molar-refractivity contribution in [3.8, 4) is 17.4 Å². The van der Waals surface area contributed by atoms with Crippen LogP contribution in [-0.2, 0) is 10.5 Å². The molecule has 0 amide bonds. The van der Waals surface area contributed by atoms with Gasteiger partial charge in [0.05, 0.1) is 31.5 Å². The first-order chi connectivity index (χ1) is 19.8. The van der Waals surface area contributed by atoms with E-state index in [4.69, 9.17) is 23.6 Å². The van der Waals surface area contributed by atoms with Crippen LogP contribution in [-0.4, -0.2) is 44.6 Å². The minimum atomic E-state index is -0.463. The van der Waals surface area contributed by atoms with Crippen LogP contribution in [0.5, 0.6) is 17.4 Å². The second-order valence-corrected chi connectivity index (χ2v) is 11.8. The molecular weight excluding hydrogens is 542 g/mol. The Hall–Kier alpha value is -4.38. The van der Waals surface area contributed by atoms with E-state index in [0.717, 1.165) is 16.7 Å². The molecule has 0 unspecified atom stereocenters. The number of rotatable bonds is 6. The Morgan fingerprint density at radius 3 is 2.71 bits per heavy atom. The number of benzene rings is 2. The number of carbonyl (C=O) groups excluding carboxylic acids is 1. The Morgan fingerprint density at radius 2 is 1.90 bits per heavy atom. The van der Waals surface area contributed by atoms with Gasteiger partial charge in [-0.05, 0) is 35.2 Å². The summed E-state index contributed by atoms with van der Waals surface area (Å²) in [5.74, 6) is 2.85. The molecule has 4 heterocycles. The van der Waals surface area contributed by atoms with E-state index in [9.17, 15) is 4.79 Å². The fourth-order valence-electron chi connectivity index (χ4n) is 5.66. The van der Waals surface area contributed by atoms with E-state index >= 15 is 0 Å². The predicted molar refractivity (Wildman–Crippen MR) is 151 cm³/mol. The number of aromatic nitrogens is 5. The summed E-state index contributed by atoms with van der Waals surface area (Å²) in [7, 11) is 3.19. The molecule has 0 saturated heterocycles. The normalized spacial score (nSPS) is 17.9. The minimum Gasteiger partial charge on any atom is -0.493 e. The number of para-hydroxylation sites is 2. The van der Waals surface area contributed by atoms with Crippen LogP contribution in [0, 0.1) is 5.41 Å². The number of fused-ring (bicyclic) bond motifs is 4. The van der Waals surface area contributed by atoms with Crippen molar-refractivity contribution in [2.75, 3.05) is 14.2 Å². The maximum absolute atomic E-state index is 13.7. The van der Waals surface area contributed by atoms with Crippen molar-refractivity contribution in [1.29, 1.82) is 0 Å². The minimum absolute atomic E-state index is 0.0509. The number of methoxy groups -OCH3 is 2. The van der Waals surface area contributed by atoms with Crippen LogP contribution in [0.4, 0.5) is 0 Å².